The molecule has 2 unspecified atom stereocenters. The Morgan fingerprint density at radius 2 is 2.04 bits per heavy atom. The molecule has 1 heterocycles. The van der Waals surface area contributed by atoms with E-state index in [0.717, 1.165) is 36.2 Å². The van der Waals surface area contributed by atoms with Gasteiger partial charge in [0.15, 0.2) is 0 Å². The van der Waals surface area contributed by atoms with Gasteiger partial charge in [0.25, 0.3) is 5.91 Å². The highest BCUT2D eigenvalue weighted by Crippen LogP contribution is 2.39. The number of halogens is 1. The molecule has 0 bridgehead atoms. The van der Waals surface area contributed by atoms with Gasteiger partial charge in [-0.1, -0.05) is 30.7 Å². The van der Waals surface area contributed by atoms with Crippen LogP contribution in [0.5, 0.6) is 0 Å². The Morgan fingerprint density at radius 3 is 2.64 bits per heavy atom. The Bertz CT molecular complexity index is 832. The van der Waals surface area contributed by atoms with Crippen molar-refractivity contribution in [1.29, 1.82) is 0 Å². The third kappa shape index (κ3) is 5.03. The zero-order valence-electron chi connectivity index (χ0n) is 16.6. The molecule has 5 nitrogen and oxygen atoms in total. The SMILES string of the molecule is CCC(C)Nc1ncc(C(=O)NCC(C)(O)C2CC2)cc1-c1ccc(Cl)cc1. The molecule has 28 heavy (non-hydrogen) atoms. The van der Waals surface area contributed by atoms with Crippen molar-refractivity contribution in [2.75, 3.05) is 11.9 Å². The Balaban J connectivity index is 1.84. The summed E-state index contributed by atoms with van der Waals surface area (Å²) in [4.78, 5) is 17.2. The molecule has 3 N–H and O–H groups in total. The van der Waals surface area contributed by atoms with Gasteiger partial charge in [-0.2, -0.15) is 0 Å². The summed E-state index contributed by atoms with van der Waals surface area (Å²) < 4.78 is 0. The highest BCUT2D eigenvalue weighted by molar-refractivity contribution is 6.30. The van der Waals surface area contributed by atoms with Crippen molar-refractivity contribution >= 4 is 23.3 Å². The van der Waals surface area contributed by atoms with E-state index in [0.29, 0.717) is 10.6 Å². The Morgan fingerprint density at radius 1 is 1.36 bits per heavy atom. The van der Waals surface area contributed by atoms with Gasteiger partial charge in [0.1, 0.15) is 5.82 Å². The third-order valence-corrected chi connectivity index (χ3v) is 5.62. The summed E-state index contributed by atoms with van der Waals surface area (Å²) in [5, 5.41) is 17.3. The van der Waals surface area contributed by atoms with Gasteiger partial charge in [-0.3, -0.25) is 4.79 Å². The van der Waals surface area contributed by atoms with E-state index in [-0.39, 0.29) is 24.4 Å². The second-order valence-corrected chi connectivity index (χ2v) is 8.33. The monoisotopic (exact) mass is 401 g/mol. The van der Waals surface area contributed by atoms with Crippen molar-refractivity contribution in [3.05, 3.63) is 47.1 Å². The van der Waals surface area contributed by atoms with Gasteiger partial charge in [0, 0.05) is 29.4 Å². The number of hydrogen-bond donors (Lipinski definition) is 3. The highest BCUT2D eigenvalue weighted by Gasteiger charge is 2.40. The van der Waals surface area contributed by atoms with E-state index in [4.69, 9.17) is 11.6 Å². The maximum atomic E-state index is 12.7. The molecule has 1 aliphatic rings. The highest BCUT2D eigenvalue weighted by atomic mass is 35.5. The maximum absolute atomic E-state index is 12.7. The van der Waals surface area contributed by atoms with Gasteiger partial charge in [-0.25, -0.2) is 4.98 Å². The molecule has 0 spiro atoms. The van der Waals surface area contributed by atoms with E-state index < -0.39 is 5.60 Å². The average molecular weight is 402 g/mol. The van der Waals surface area contributed by atoms with Gasteiger partial charge >= 0.3 is 0 Å². The first-order valence-electron chi connectivity index (χ1n) is 9.83. The lowest BCUT2D eigenvalue weighted by Gasteiger charge is -2.23. The fourth-order valence-electron chi connectivity index (χ4n) is 3.10. The number of aromatic nitrogens is 1. The van der Waals surface area contributed by atoms with Crippen LogP contribution in [0.4, 0.5) is 5.82 Å². The molecule has 2 aromatic rings. The molecular weight excluding hydrogens is 374 g/mol. The van der Waals surface area contributed by atoms with Crippen LogP contribution >= 0.6 is 11.6 Å². The number of aliphatic hydroxyl groups is 1. The van der Waals surface area contributed by atoms with Crippen molar-refractivity contribution in [3.63, 3.8) is 0 Å². The van der Waals surface area contributed by atoms with Crippen molar-refractivity contribution < 1.29 is 9.90 Å². The molecule has 3 rings (SSSR count). The van der Waals surface area contributed by atoms with Crippen LogP contribution in [0.2, 0.25) is 5.02 Å². The minimum absolute atomic E-state index is 0.236. The third-order valence-electron chi connectivity index (χ3n) is 5.36. The summed E-state index contributed by atoms with van der Waals surface area (Å²) in [5.41, 5.74) is 1.38. The number of hydrogen-bond acceptors (Lipinski definition) is 4. The number of benzene rings is 1. The van der Waals surface area contributed by atoms with Crippen molar-refractivity contribution in [2.45, 2.75) is 51.7 Å². The summed E-state index contributed by atoms with van der Waals surface area (Å²) >= 11 is 6.02. The number of nitrogens with one attached hydrogen (secondary N) is 2. The van der Waals surface area contributed by atoms with E-state index in [1.165, 1.54) is 0 Å². The Hall–Kier alpha value is -2.11. The number of nitrogens with zero attached hydrogens (tertiary/aromatic N) is 1. The van der Waals surface area contributed by atoms with Crippen LogP contribution in [0.3, 0.4) is 0 Å². The average Bonchev–Trinajstić information content (AvgIpc) is 3.53. The normalized spacial score (nSPS) is 16.9. The van der Waals surface area contributed by atoms with Crippen LogP contribution in [0.25, 0.3) is 11.1 Å². The molecule has 1 aliphatic carbocycles. The smallest absolute Gasteiger partial charge is 0.252 e. The summed E-state index contributed by atoms with van der Waals surface area (Å²) in [6, 6.07) is 9.57. The number of rotatable bonds is 8. The summed E-state index contributed by atoms with van der Waals surface area (Å²) in [5.74, 6) is 0.773. The number of anilines is 1. The Kier molecular flexibility index (Phi) is 6.26. The predicted molar refractivity (Wildman–Crippen MR) is 114 cm³/mol. The minimum atomic E-state index is -0.861. The molecule has 1 aromatic carbocycles. The molecule has 0 radical (unpaired) electrons. The number of carbonyl (C=O) groups is 1. The fraction of sp³-hybridized carbons (Fsp3) is 0.455. The van der Waals surface area contributed by atoms with Gasteiger partial charge in [-0.05, 0) is 62.8 Å². The van der Waals surface area contributed by atoms with E-state index in [9.17, 15) is 9.90 Å². The van der Waals surface area contributed by atoms with Crippen LogP contribution < -0.4 is 10.6 Å². The van der Waals surface area contributed by atoms with Crippen molar-refractivity contribution in [2.24, 2.45) is 5.92 Å². The number of pyridine rings is 1. The number of carbonyl (C=O) groups excluding carboxylic acids is 1. The summed E-state index contributed by atoms with van der Waals surface area (Å²) in [7, 11) is 0. The lowest BCUT2D eigenvalue weighted by molar-refractivity contribution is 0.0354. The zero-order valence-corrected chi connectivity index (χ0v) is 17.4. The molecule has 150 valence electrons. The zero-order chi connectivity index (χ0) is 20.3. The van der Waals surface area contributed by atoms with Crippen LogP contribution in [-0.2, 0) is 0 Å². The lowest BCUT2D eigenvalue weighted by Crippen LogP contribution is -2.42. The Labute approximate surface area is 171 Å². The second-order valence-electron chi connectivity index (χ2n) is 7.89. The van der Waals surface area contributed by atoms with Crippen LogP contribution in [0.1, 0.15) is 50.4 Å². The second kappa shape index (κ2) is 8.50. The molecule has 6 heteroatoms. The topological polar surface area (TPSA) is 74.2 Å². The molecular formula is C22H28ClN3O2. The van der Waals surface area contributed by atoms with Crippen LogP contribution in [0.15, 0.2) is 36.5 Å². The quantitative estimate of drug-likeness (QED) is 0.608. The molecule has 2 atom stereocenters. The fourth-order valence-corrected chi connectivity index (χ4v) is 3.23. The van der Waals surface area contributed by atoms with Crippen molar-refractivity contribution in [3.8, 4) is 11.1 Å². The molecule has 1 fully saturated rings. The molecule has 0 aliphatic heterocycles. The first-order valence-corrected chi connectivity index (χ1v) is 10.2. The van der Waals surface area contributed by atoms with Gasteiger partial charge in [0.2, 0.25) is 0 Å². The van der Waals surface area contributed by atoms with E-state index in [1.807, 2.05) is 30.3 Å². The standard InChI is InChI=1S/C22H28ClN3O2/c1-4-14(2)26-20-19(15-5-9-18(23)10-6-15)11-16(12-24-20)21(27)25-13-22(3,28)17-7-8-17/h5-6,9-12,14,17,28H,4,7-8,13H2,1-3H3,(H,24,26)(H,25,27). The van der Waals surface area contributed by atoms with E-state index in [1.54, 1.807) is 13.1 Å². The van der Waals surface area contributed by atoms with Crippen molar-refractivity contribution in [1.82, 2.24) is 10.3 Å². The molecule has 1 aromatic heterocycles. The first-order chi connectivity index (χ1) is 13.3. The number of amides is 1. The molecule has 1 saturated carbocycles. The maximum Gasteiger partial charge on any atom is 0.252 e. The van der Waals surface area contributed by atoms with Gasteiger partial charge < -0.3 is 15.7 Å². The van der Waals surface area contributed by atoms with Gasteiger partial charge in [0.05, 0.1) is 11.2 Å². The lowest BCUT2D eigenvalue weighted by atomic mass is 10.0. The minimum Gasteiger partial charge on any atom is -0.388 e. The van der Waals surface area contributed by atoms with Crippen LogP contribution in [-0.4, -0.2) is 34.2 Å². The summed E-state index contributed by atoms with van der Waals surface area (Å²) in [6.07, 6.45) is 4.56. The first kappa shape index (κ1) is 20.6. The summed E-state index contributed by atoms with van der Waals surface area (Å²) in [6.45, 7) is 6.21. The predicted octanol–water partition coefficient (Wildman–Crippen LogP) is 4.50. The van der Waals surface area contributed by atoms with E-state index >= 15 is 0 Å². The largest absolute Gasteiger partial charge is 0.388 e. The van der Waals surface area contributed by atoms with Gasteiger partial charge in [-0.15, -0.1) is 0 Å². The van der Waals surface area contributed by atoms with Crippen LogP contribution in [0, 0.1) is 5.92 Å². The molecule has 0 saturated heterocycles. The van der Waals surface area contributed by atoms with E-state index in [2.05, 4.69) is 29.5 Å². The molecule has 1 amide bonds.